The molecule has 2 rings (SSSR count). The van der Waals surface area contributed by atoms with E-state index in [1.54, 1.807) is 16.8 Å². The van der Waals surface area contributed by atoms with Crippen LogP contribution in [0.3, 0.4) is 0 Å². The maximum absolute atomic E-state index is 5.92. The van der Waals surface area contributed by atoms with Crippen LogP contribution in [-0.4, -0.2) is 20.2 Å². The molecule has 6 heteroatoms. The molecule has 0 aliphatic carbocycles. The van der Waals surface area contributed by atoms with Crippen molar-refractivity contribution in [3.05, 3.63) is 18.2 Å². The topological polar surface area (TPSA) is 95.6 Å². The number of tetrazole rings is 1. The maximum Gasteiger partial charge on any atom is 0.184 e. The van der Waals surface area contributed by atoms with Crippen molar-refractivity contribution in [1.29, 1.82) is 0 Å². The van der Waals surface area contributed by atoms with Gasteiger partial charge >= 0.3 is 0 Å². The van der Waals surface area contributed by atoms with Crippen molar-refractivity contribution in [3.63, 3.8) is 0 Å². The van der Waals surface area contributed by atoms with Crippen LogP contribution in [0.2, 0.25) is 0 Å². The highest BCUT2D eigenvalue weighted by Gasteiger charge is 2.12. The summed E-state index contributed by atoms with van der Waals surface area (Å²) in [6.07, 6.45) is 0. The maximum atomic E-state index is 5.92. The van der Waals surface area contributed by atoms with Crippen LogP contribution in [0.25, 0.3) is 11.4 Å². The number of rotatable bonds is 3. The Morgan fingerprint density at radius 3 is 2.71 bits per heavy atom. The van der Waals surface area contributed by atoms with Gasteiger partial charge in [0.15, 0.2) is 5.82 Å². The van der Waals surface area contributed by atoms with Gasteiger partial charge in [-0.25, -0.2) is 4.68 Å². The number of nitrogens with two attached hydrogens (primary N) is 2. The number of aromatic nitrogens is 4. The highest BCUT2D eigenvalue weighted by atomic mass is 15.5. The van der Waals surface area contributed by atoms with E-state index in [9.17, 15) is 0 Å². The highest BCUT2D eigenvalue weighted by Crippen LogP contribution is 2.25. The quantitative estimate of drug-likeness (QED) is 0.774. The largest absolute Gasteiger partial charge is 0.399 e. The van der Waals surface area contributed by atoms with Crippen LogP contribution >= 0.6 is 0 Å². The second-order valence-corrected chi connectivity index (χ2v) is 4.43. The Bertz CT molecular complexity index is 516. The van der Waals surface area contributed by atoms with Gasteiger partial charge < -0.3 is 11.5 Å². The molecule has 1 aromatic heterocycles. The Hall–Kier alpha value is -2.11. The number of hydrogen-bond donors (Lipinski definition) is 2. The Balaban J connectivity index is 2.42. The van der Waals surface area contributed by atoms with E-state index in [1.165, 1.54) is 0 Å². The zero-order chi connectivity index (χ0) is 12.4. The first-order chi connectivity index (χ1) is 8.08. The molecule has 0 aliphatic heterocycles. The molecule has 0 atom stereocenters. The third-order valence-corrected chi connectivity index (χ3v) is 2.39. The molecule has 90 valence electrons. The van der Waals surface area contributed by atoms with Crippen molar-refractivity contribution in [2.45, 2.75) is 20.4 Å². The molecular formula is C11H16N6. The molecule has 0 unspecified atom stereocenters. The monoisotopic (exact) mass is 232 g/mol. The molecule has 17 heavy (non-hydrogen) atoms. The molecule has 0 radical (unpaired) electrons. The molecule has 0 amide bonds. The third-order valence-electron chi connectivity index (χ3n) is 2.39. The van der Waals surface area contributed by atoms with Gasteiger partial charge in [-0.1, -0.05) is 13.8 Å². The van der Waals surface area contributed by atoms with Crippen LogP contribution < -0.4 is 11.5 Å². The molecule has 1 heterocycles. The van der Waals surface area contributed by atoms with E-state index in [2.05, 4.69) is 29.4 Å². The fourth-order valence-corrected chi connectivity index (χ4v) is 1.65. The molecular weight excluding hydrogens is 216 g/mol. The van der Waals surface area contributed by atoms with Crippen LogP contribution in [0.4, 0.5) is 11.4 Å². The lowest BCUT2D eigenvalue weighted by Gasteiger charge is -2.09. The van der Waals surface area contributed by atoms with E-state index in [1.807, 2.05) is 6.07 Å². The van der Waals surface area contributed by atoms with E-state index in [0.29, 0.717) is 23.1 Å². The zero-order valence-corrected chi connectivity index (χ0v) is 9.96. The van der Waals surface area contributed by atoms with Gasteiger partial charge in [0.25, 0.3) is 0 Å². The fraction of sp³-hybridized carbons (Fsp3) is 0.364. The van der Waals surface area contributed by atoms with Crippen LogP contribution in [0, 0.1) is 5.92 Å². The Morgan fingerprint density at radius 1 is 1.29 bits per heavy atom. The molecule has 2 aromatic rings. The average Bonchev–Trinajstić information content (AvgIpc) is 2.65. The minimum Gasteiger partial charge on any atom is -0.399 e. The molecule has 6 nitrogen and oxygen atoms in total. The minimum absolute atomic E-state index is 0.465. The number of nitrogens with zero attached hydrogens (tertiary/aromatic N) is 4. The summed E-state index contributed by atoms with van der Waals surface area (Å²) in [7, 11) is 0. The van der Waals surface area contributed by atoms with Crippen molar-refractivity contribution in [2.75, 3.05) is 11.5 Å². The summed E-state index contributed by atoms with van der Waals surface area (Å²) in [6, 6.07) is 5.34. The highest BCUT2D eigenvalue weighted by molar-refractivity contribution is 5.74. The van der Waals surface area contributed by atoms with Gasteiger partial charge in [0.05, 0.1) is 0 Å². The summed E-state index contributed by atoms with van der Waals surface area (Å²) < 4.78 is 1.76. The lowest BCUT2D eigenvalue weighted by Crippen LogP contribution is -2.09. The summed E-state index contributed by atoms with van der Waals surface area (Å²) in [4.78, 5) is 0. The molecule has 1 aromatic carbocycles. The summed E-state index contributed by atoms with van der Waals surface area (Å²) in [6.45, 7) is 4.97. The van der Waals surface area contributed by atoms with Crippen molar-refractivity contribution in [2.24, 2.45) is 5.92 Å². The first-order valence-electron chi connectivity index (χ1n) is 5.49. The third kappa shape index (κ3) is 2.35. The van der Waals surface area contributed by atoms with Crippen molar-refractivity contribution in [1.82, 2.24) is 20.2 Å². The van der Waals surface area contributed by atoms with Gasteiger partial charge in [0.2, 0.25) is 0 Å². The predicted octanol–water partition coefficient (Wildman–Crippen LogP) is 1.16. The second kappa shape index (κ2) is 4.40. The molecule has 0 fully saturated rings. The standard InChI is InChI=1S/C11H16N6/c1-7(2)6-17-11(14-15-16-17)9-4-3-8(12)5-10(9)13/h3-5,7H,6,12-13H2,1-2H3. The SMILES string of the molecule is CC(C)Cn1nnnc1-c1ccc(N)cc1N. The number of nitrogen functional groups attached to an aromatic ring is 2. The van der Waals surface area contributed by atoms with Gasteiger partial charge in [-0.2, -0.15) is 0 Å². The summed E-state index contributed by atoms with van der Waals surface area (Å²) in [5.74, 6) is 1.14. The molecule has 0 aliphatic rings. The van der Waals surface area contributed by atoms with Crippen LogP contribution in [0.15, 0.2) is 18.2 Å². The van der Waals surface area contributed by atoms with E-state index in [4.69, 9.17) is 11.5 Å². The Morgan fingerprint density at radius 2 is 2.06 bits per heavy atom. The molecule has 0 spiro atoms. The Labute approximate surface area is 99.6 Å². The fourth-order valence-electron chi connectivity index (χ4n) is 1.65. The average molecular weight is 232 g/mol. The number of benzene rings is 1. The van der Waals surface area contributed by atoms with Crippen molar-refractivity contribution in [3.8, 4) is 11.4 Å². The van der Waals surface area contributed by atoms with Gasteiger partial charge in [0.1, 0.15) is 0 Å². The summed E-state index contributed by atoms with van der Waals surface area (Å²) >= 11 is 0. The van der Waals surface area contributed by atoms with Crippen molar-refractivity contribution >= 4 is 11.4 Å². The molecule has 0 bridgehead atoms. The van der Waals surface area contributed by atoms with E-state index >= 15 is 0 Å². The first kappa shape index (κ1) is 11.4. The van der Waals surface area contributed by atoms with Gasteiger partial charge in [-0.3, -0.25) is 0 Å². The van der Waals surface area contributed by atoms with Gasteiger partial charge in [-0.05, 0) is 34.5 Å². The van der Waals surface area contributed by atoms with Crippen LogP contribution in [0.1, 0.15) is 13.8 Å². The second-order valence-electron chi connectivity index (χ2n) is 4.43. The summed E-state index contributed by atoms with van der Waals surface area (Å²) in [5, 5.41) is 11.7. The minimum atomic E-state index is 0.465. The van der Waals surface area contributed by atoms with Gasteiger partial charge in [-0.15, -0.1) is 5.10 Å². The van der Waals surface area contributed by atoms with Gasteiger partial charge in [0, 0.05) is 23.5 Å². The number of anilines is 2. The lowest BCUT2D eigenvalue weighted by atomic mass is 10.1. The van der Waals surface area contributed by atoms with Crippen LogP contribution in [-0.2, 0) is 6.54 Å². The first-order valence-corrected chi connectivity index (χ1v) is 5.49. The van der Waals surface area contributed by atoms with Crippen LogP contribution in [0.5, 0.6) is 0 Å². The summed E-state index contributed by atoms with van der Waals surface area (Å²) in [5.41, 5.74) is 13.6. The zero-order valence-electron chi connectivity index (χ0n) is 9.96. The molecule has 0 saturated carbocycles. The number of hydrogen-bond acceptors (Lipinski definition) is 5. The van der Waals surface area contributed by atoms with E-state index < -0.39 is 0 Å². The van der Waals surface area contributed by atoms with Crippen molar-refractivity contribution < 1.29 is 0 Å². The lowest BCUT2D eigenvalue weighted by molar-refractivity contribution is 0.475. The van der Waals surface area contributed by atoms with E-state index in [0.717, 1.165) is 12.1 Å². The molecule has 0 saturated heterocycles. The normalized spacial score (nSPS) is 11.0. The predicted molar refractivity (Wildman–Crippen MR) is 66.9 cm³/mol. The Kier molecular flexibility index (Phi) is 2.95. The van der Waals surface area contributed by atoms with E-state index in [-0.39, 0.29) is 0 Å². The molecule has 4 N–H and O–H groups in total. The smallest absolute Gasteiger partial charge is 0.184 e.